The minimum atomic E-state index is -0.437. The van der Waals surface area contributed by atoms with Crippen molar-refractivity contribution in [1.82, 2.24) is 15.5 Å². The van der Waals surface area contributed by atoms with Gasteiger partial charge >= 0.3 is 6.03 Å². The van der Waals surface area contributed by atoms with Crippen LogP contribution in [0.2, 0.25) is 0 Å². The molecule has 0 spiro atoms. The van der Waals surface area contributed by atoms with Gasteiger partial charge in [-0.1, -0.05) is 6.07 Å². The van der Waals surface area contributed by atoms with E-state index in [4.69, 9.17) is 0 Å². The van der Waals surface area contributed by atoms with Crippen LogP contribution in [-0.4, -0.2) is 68.3 Å². The minimum Gasteiger partial charge on any atom is -0.508 e. The number of anilines is 2. The molecule has 8 nitrogen and oxygen atoms in total. The van der Waals surface area contributed by atoms with E-state index in [2.05, 4.69) is 27.9 Å². The van der Waals surface area contributed by atoms with Gasteiger partial charge in [0, 0.05) is 44.0 Å². The molecule has 3 amide bonds. The summed E-state index contributed by atoms with van der Waals surface area (Å²) in [6, 6.07) is 10.4. The normalized spacial score (nSPS) is 14.5. The van der Waals surface area contributed by atoms with E-state index in [1.807, 2.05) is 4.90 Å². The predicted octanol–water partition coefficient (Wildman–Crippen LogP) is 2.61. The Balaban J connectivity index is 1.39. The van der Waals surface area contributed by atoms with Crippen LogP contribution in [0.25, 0.3) is 0 Å². The van der Waals surface area contributed by atoms with Crippen molar-refractivity contribution in [1.29, 1.82) is 0 Å². The number of amides is 3. The topological polar surface area (TPSA) is 96.9 Å². The molecule has 0 aliphatic carbocycles. The molecule has 0 aromatic heterocycles. The zero-order chi connectivity index (χ0) is 22.9. The fourth-order valence-electron chi connectivity index (χ4n) is 3.55. The highest BCUT2D eigenvalue weighted by atomic mass is 19.1. The molecule has 9 heteroatoms. The molecular formula is C23H30FN5O3. The third-order valence-electron chi connectivity index (χ3n) is 5.30. The number of benzene rings is 2. The van der Waals surface area contributed by atoms with Crippen molar-refractivity contribution >= 4 is 23.3 Å². The molecule has 2 aromatic rings. The fraction of sp³-hybridized carbons (Fsp3) is 0.391. The molecule has 1 heterocycles. The second kappa shape index (κ2) is 11.3. The summed E-state index contributed by atoms with van der Waals surface area (Å²) in [7, 11) is 2.06. The van der Waals surface area contributed by atoms with Gasteiger partial charge in [0.05, 0.1) is 5.69 Å². The number of likely N-dealkylation sites (N-methyl/N-ethyl adjacent to an activating group) is 1. The molecule has 2 aromatic carbocycles. The van der Waals surface area contributed by atoms with Gasteiger partial charge in [0.1, 0.15) is 11.6 Å². The Labute approximate surface area is 187 Å². The second-order valence-electron chi connectivity index (χ2n) is 7.85. The van der Waals surface area contributed by atoms with Gasteiger partial charge in [0.2, 0.25) is 0 Å². The van der Waals surface area contributed by atoms with Gasteiger partial charge in [-0.05, 0) is 62.8 Å². The van der Waals surface area contributed by atoms with Gasteiger partial charge in [-0.25, -0.2) is 9.18 Å². The first-order chi connectivity index (χ1) is 15.4. The molecule has 1 saturated heterocycles. The third-order valence-corrected chi connectivity index (χ3v) is 5.30. The molecule has 1 aliphatic rings. The van der Waals surface area contributed by atoms with Crippen molar-refractivity contribution in [3.63, 3.8) is 0 Å². The molecule has 3 rings (SSSR count). The Bertz CT molecular complexity index is 940. The monoisotopic (exact) mass is 443 g/mol. The number of phenolic OH excluding ortho intramolecular Hbond substituents is 1. The van der Waals surface area contributed by atoms with E-state index in [1.54, 1.807) is 24.3 Å². The molecule has 32 heavy (non-hydrogen) atoms. The average molecular weight is 444 g/mol. The number of carbonyl (C=O) groups excluding carboxylic acids is 2. The zero-order valence-electron chi connectivity index (χ0n) is 18.2. The Kier molecular flexibility index (Phi) is 8.27. The van der Waals surface area contributed by atoms with Crippen molar-refractivity contribution in [2.45, 2.75) is 12.8 Å². The van der Waals surface area contributed by atoms with Crippen LogP contribution < -0.4 is 20.9 Å². The summed E-state index contributed by atoms with van der Waals surface area (Å²) in [5.41, 5.74) is 1.30. The molecule has 1 aliphatic heterocycles. The maximum absolute atomic E-state index is 14.6. The van der Waals surface area contributed by atoms with Gasteiger partial charge in [0.25, 0.3) is 5.91 Å². The summed E-state index contributed by atoms with van der Waals surface area (Å²) >= 11 is 0. The van der Waals surface area contributed by atoms with Crippen LogP contribution in [0, 0.1) is 5.82 Å². The summed E-state index contributed by atoms with van der Waals surface area (Å²) in [6.07, 6.45) is 1.50. The van der Waals surface area contributed by atoms with Gasteiger partial charge < -0.3 is 30.9 Å². The fourth-order valence-corrected chi connectivity index (χ4v) is 3.55. The summed E-state index contributed by atoms with van der Waals surface area (Å²) in [5, 5.41) is 17.5. The lowest BCUT2D eigenvalue weighted by molar-refractivity contribution is 0.0953. The minimum absolute atomic E-state index is 0.0273. The van der Waals surface area contributed by atoms with Gasteiger partial charge in [-0.3, -0.25) is 4.79 Å². The predicted molar refractivity (Wildman–Crippen MR) is 123 cm³/mol. The van der Waals surface area contributed by atoms with E-state index in [9.17, 15) is 19.1 Å². The highest BCUT2D eigenvalue weighted by molar-refractivity contribution is 5.94. The number of hydrogen-bond acceptors (Lipinski definition) is 5. The van der Waals surface area contributed by atoms with Gasteiger partial charge in [-0.15, -0.1) is 0 Å². The molecule has 0 bridgehead atoms. The molecule has 0 saturated carbocycles. The molecule has 0 atom stereocenters. The van der Waals surface area contributed by atoms with Crippen molar-refractivity contribution < 1.29 is 19.1 Å². The summed E-state index contributed by atoms with van der Waals surface area (Å²) in [6.45, 7) is 4.16. The van der Waals surface area contributed by atoms with Gasteiger partial charge in [0.15, 0.2) is 0 Å². The maximum atomic E-state index is 14.6. The number of rotatable bonds is 7. The van der Waals surface area contributed by atoms with E-state index in [-0.39, 0.29) is 17.5 Å². The van der Waals surface area contributed by atoms with E-state index in [0.717, 1.165) is 32.6 Å². The van der Waals surface area contributed by atoms with Crippen LogP contribution in [0.4, 0.5) is 20.6 Å². The molecule has 0 unspecified atom stereocenters. The van der Waals surface area contributed by atoms with Crippen LogP contribution in [-0.2, 0) is 0 Å². The SMILES string of the molecule is CN1CCCN(c2ccc(NC(=O)NCCCNC(=O)c3cccc(O)c3)cc2F)CC1. The van der Waals surface area contributed by atoms with E-state index >= 15 is 0 Å². The molecule has 0 radical (unpaired) electrons. The summed E-state index contributed by atoms with van der Waals surface area (Å²) < 4.78 is 14.6. The molecule has 4 N–H and O–H groups in total. The highest BCUT2D eigenvalue weighted by Crippen LogP contribution is 2.24. The van der Waals surface area contributed by atoms with Crippen molar-refractivity contribution in [3.05, 3.63) is 53.8 Å². The van der Waals surface area contributed by atoms with Crippen LogP contribution in [0.15, 0.2) is 42.5 Å². The second-order valence-corrected chi connectivity index (χ2v) is 7.85. The van der Waals surface area contributed by atoms with Crippen molar-refractivity contribution in [2.75, 3.05) is 56.5 Å². The first kappa shape index (κ1) is 23.3. The number of nitrogens with one attached hydrogen (secondary N) is 3. The molecule has 1 fully saturated rings. The average Bonchev–Trinajstić information content (AvgIpc) is 2.98. The standard InChI is InChI=1S/C23H30FN5O3/c1-28-11-4-12-29(14-13-28)21-8-7-18(16-20(21)24)27-23(32)26-10-3-9-25-22(31)17-5-2-6-19(30)15-17/h2,5-8,15-16,30H,3-4,9-14H2,1H3,(H,25,31)(H2,26,27,32). The molecule has 172 valence electrons. The van der Waals surface area contributed by atoms with Crippen LogP contribution >= 0.6 is 0 Å². The largest absolute Gasteiger partial charge is 0.508 e. The lowest BCUT2D eigenvalue weighted by atomic mass is 10.2. The van der Waals surface area contributed by atoms with Crippen LogP contribution in [0.5, 0.6) is 5.75 Å². The number of phenols is 1. The maximum Gasteiger partial charge on any atom is 0.319 e. The highest BCUT2D eigenvalue weighted by Gasteiger charge is 2.16. The number of aromatic hydroxyl groups is 1. The van der Waals surface area contributed by atoms with E-state index in [0.29, 0.717) is 36.4 Å². The smallest absolute Gasteiger partial charge is 0.319 e. The number of hydrogen-bond donors (Lipinski definition) is 4. The Morgan fingerprint density at radius 3 is 2.62 bits per heavy atom. The van der Waals surface area contributed by atoms with E-state index < -0.39 is 6.03 Å². The summed E-state index contributed by atoms with van der Waals surface area (Å²) in [4.78, 5) is 28.3. The Hall–Kier alpha value is -3.33. The van der Waals surface area contributed by atoms with Crippen LogP contribution in [0.1, 0.15) is 23.2 Å². The van der Waals surface area contributed by atoms with Crippen molar-refractivity contribution in [3.8, 4) is 5.75 Å². The number of nitrogens with zero attached hydrogens (tertiary/aromatic N) is 2. The first-order valence-corrected chi connectivity index (χ1v) is 10.8. The van der Waals surface area contributed by atoms with Crippen LogP contribution in [0.3, 0.4) is 0 Å². The zero-order valence-corrected chi connectivity index (χ0v) is 18.2. The molecular weight excluding hydrogens is 413 g/mol. The van der Waals surface area contributed by atoms with Crippen molar-refractivity contribution in [2.24, 2.45) is 0 Å². The Morgan fingerprint density at radius 1 is 1.03 bits per heavy atom. The first-order valence-electron chi connectivity index (χ1n) is 10.8. The Morgan fingerprint density at radius 2 is 1.84 bits per heavy atom. The lowest BCUT2D eigenvalue weighted by Crippen LogP contribution is -2.32. The lowest BCUT2D eigenvalue weighted by Gasteiger charge is -2.23. The van der Waals surface area contributed by atoms with Gasteiger partial charge in [-0.2, -0.15) is 0 Å². The quantitative estimate of drug-likeness (QED) is 0.494. The number of urea groups is 1. The van der Waals surface area contributed by atoms with E-state index in [1.165, 1.54) is 18.2 Å². The summed E-state index contributed by atoms with van der Waals surface area (Å²) in [5.74, 6) is -0.626. The number of carbonyl (C=O) groups is 2. The number of halogens is 1. The third kappa shape index (κ3) is 6.84.